The van der Waals surface area contributed by atoms with E-state index in [0.29, 0.717) is 23.3 Å². The molecule has 3 N–H and O–H groups in total. The van der Waals surface area contributed by atoms with Crippen LogP contribution in [0.2, 0.25) is 5.02 Å². The van der Waals surface area contributed by atoms with E-state index < -0.39 is 0 Å². The second kappa shape index (κ2) is 8.23. The fourth-order valence-corrected chi connectivity index (χ4v) is 2.92. The SMILES string of the molecule is COc1ccc(NC(N)=NCC2(c3ccc(F)cc3)CC2)cc1Cl.I. The number of aliphatic imine (C=N–C) groups is 1. The first-order valence-corrected chi connectivity index (χ1v) is 8.07. The lowest BCUT2D eigenvalue weighted by Crippen LogP contribution is -2.25. The smallest absolute Gasteiger partial charge is 0.193 e. The van der Waals surface area contributed by atoms with Crippen LogP contribution in [0.1, 0.15) is 18.4 Å². The summed E-state index contributed by atoms with van der Waals surface area (Å²) in [5, 5.41) is 3.52. The molecule has 25 heavy (non-hydrogen) atoms. The molecule has 2 aromatic rings. The molecule has 3 rings (SSSR count). The number of nitrogens with zero attached hydrogens (tertiary/aromatic N) is 1. The standard InChI is InChI=1S/C18H19ClFN3O.HI/c1-24-16-7-6-14(10-15(16)19)23-17(21)22-11-18(8-9-18)12-2-4-13(20)5-3-12;/h2-7,10H,8-9,11H2,1H3,(H3,21,22,23);1H. The molecule has 0 aliphatic heterocycles. The Balaban J connectivity index is 0.00000225. The highest BCUT2D eigenvalue weighted by Gasteiger charge is 2.44. The maximum absolute atomic E-state index is 13.1. The van der Waals surface area contributed by atoms with Crippen molar-refractivity contribution in [3.63, 3.8) is 0 Å². The molecule has 0 amide bonds. The molecule has 0 saturated heterocycles. The van der Waals surface area contributed by atoms with Gasteiger partial charge in [0.2, 0.25) is 0 Å². The molecule has 1 saturated carbocycles. The van der Waals surface area contributed by atoms with Crippen LogP contribution in [0.4, 0.5) is 10.1 Å². The fraction of sp³-hybridized carbons (Fsp3) is 0.278. The molecule has 1 fully saturated rings. The molecule has 2 aromatic carbocycles. The monoisotopic (exact) mass is 475 g/mol. The maximum Gasteiger partial charge on any atom is 0.193 e. The van der Waals surface area contributed by atoms with Crippen molar-refractivity contribution in [2.75, 3.05) is 19.0 Å². The van der Waals surface area contributed by atoms with Gasteiger partial charge in [-0.15, -0.1) is 24.0 Å². The molecule has 0 radical (unpaired) electrons. The molecule has 4 nitrogen and oxygen atoms in total. The van der Waals surface area contributed by atoms with Gasteiger partial charge in [0, 0.05) is 11.1 Å². The summed E-state index contributed by atoms with van der Waals surface area (Å²) >= 11 is 6.09. The van der Waals surface area contributed by atoms with Crippen molar-refractivity contribution in [1.82, 2.24) is 0 Å². The van der Waals surface area contributed by atoms with E-state index in [2.05, 4.69) is 10.3 Å². The highest BCUT2D eigenvalue weighted by atomic mass is 127. The van der Waals surface area contributed by atoms with Crippen molar-refractivity contribution in [2.24, 2.45) is 10.7 Å². The number of nitrogens with one attached hydrogen (secondary N) is 1. The van der Waals surface area contributed by atoms with Gasteiger partial charge in [0.1, 0.15) is 11.6 Å². The van der Waals surface area contributed by atoms with E-state index in [0.717, 1.165) is 24.1 Å². The van der Waals surface area contributed by atoms with E-state index in [1.807, 2.05) is 18.2 Å². The molecule has 7 heteroatoms. The number of anilines is 1. The van der Waals surface area contributed by atoms with Gasteiger partial charge < -0.3 is 15.8 Å². The highest BCUT2D eigenvalue weighted by Crippen LogP contribution is 2.48. The molecule has 0 unspecified atom stereocenters. The average molecular weight is 476 g/mol. The number of hydrogen-bond donors (Lipinski definition) is 2. The zero-order valence-corrected chi connectivity index (χ0v) is 16.8. The number of hydrogen-bond acceptors (Lipinski definition) is 2. The van der Waals surface area contributed by atoms with Crippen LogP contribution in [0, 0.1) is 5.82 Å². The van der Waals surface area contributed by atoms with E-state index in [1.54, 1.807) is 19.2 Å². The Morgan fingerprint density at radius 1 is 1.28 bits per heavy atom. The van der Waals surface area contributed by atoms with Gasteiger partial charge in [-0.05, 0) is 48.7 Å². The molecule has 1 aliphatic carbocycles. The Morgan fingerprint density at radius 3 is 2.52 bits per heavy atom. The minimum Gasteiger partial charge on any atom is -0.495 e. The summed E-state index contributed by atoms with van der Waals surface area (Å²) in [4.78, 5) is 4.44. The van der Waals surface area contributed by atoms with Gasteiger partial charge in [-0.2, -0.15) is 0 Å². The third-order valence-electron chi connectivity index (χ3n) is 4.29. The topological polar surface area (TPSA) is 59.6 Å². The van der Waals surface area contributed by atoms with Gasteiger partial charge in [0.05, 0.1) is 18.7 Å². The van der Waals surface area contributed by atoms with Crippen molar-refractivity contribution >= 4 is 47.2 Å². The predicted molar refractivity (Wildman–Crippen MR) is 111 cm³/mol. The molecule has 0 spiro atoms. The lowest BCUT2D eigenvalue weighted by atomic mass is 9.96. The van der Waals surface area contributed by atoms with Crippen molar-refractivity contribution in [2.45, 2.75) is 18.3 Å². The van der Waals surface area contributed by atoms with Gasteiger partial charge in [-0.1, -0.05) is 23.7 Å². The van der Waals surface area contributed by atoms with Crippen LogP contribution < -0.4 is 15.8 Å². The summed E-state index contributed by atoms with van der Waals surface area (Å²) in [5.74, 6) is 0.700. The van der Waals surface area contributed by atoms with Crippen LogP contribution in [0.5, 0.6) is 5.75 Å². The summed E-state index contributed by atoms with van der Waals surface area (Å²) in [6.45, 7) is 0.571. The number of ether oxygens (including phenoxy) is 1. The number of nitrogens with two attached hydrogens (primary N) is 1. The maximum atomic E-state index is 13.1. The van der Waals surface area contributed by atoms with E-state index >= 15 is 0 Å². The lowest BCUT2D eigenvalue weighted by Gasteiger charge is -2.14. The molecule has 1 aliphatic rings. The molecule has 0 heterocycles. The van der Waals surface area contributed by atoms with E-state index in [9.17, 15) is 4.39 Å². The minimum absolute atomic E-state index is 0. The quantitative estimate of drug-likeness (QED) is 0.378. The Labute approximate surface area is 168 Å². The summed E-state index contributed by atoms with van der Waals surface area (Å²) < 4.78 is 18.2. The molecule has 0 bridgehead atoms. The molecular formula is C18H20ClFIN3O. The van der Waals surface area contributed by atoms with Crippen LogP contribution in [0.15, 0.2) is 47.5 Å². The van der Waals surface area contributed by atoms with Crippen LogP contribution in [-0.2, 0) is 5.41 Å². The van der Waals surface area contributed by atoms with Crippen LogP contribution in [0.3, 0.4) is 0 Å². The highest BCUT2D eigenvalue weighted by molar-refractivity contribution is 14.0. The predicted octanol–water partition coefficient (Wildman–Crippen LogP) is 4.56. The molecule has 0 aromatic heterocycles. The van der Waals surface area contributed by atoms with Gasteiger partial charge in [0.15, 0.2) is 5.96 Å². The van der Waals surface area contributed by atoms with Crippen molar-refractivity contribution in [3.8, 4) is 5.75 Å². The van der Waals surface area contributed by atoms with Gasteiger partial charge in [-0.3, -0.25) is 4.99 Å². The number of benzene rings is 2. The van der Waals surface area contributed by atoms with E-state index in [1.165, 1.54) is 12.1 Å². The summed E-state index contributed by atoms with van der Waals surface area (Å²) in [5.41, 5.74) is 7.80. The normalized spacial score (nSPS) is 15.2. The van der Waals surface area contributed by atoms with Gasteiger partial charge in [-0.25, -0.2) is 4.39 Å². The summed E-state index contributed by atoms with van der Waals surface area (Å²) in [7, 11) is 1.56. The average Bonchev–Trinajstić information content (AvgIpc) is 3.35. The zero-order valence-electron chi connectivity index (χ0n) is 13.8. The molecular weight excluding hydrogens is 456 g/mol. The number of rotatable bonds is 5. The first kappa shape index (κ1) is 19.8. The zero-order chi connectivity index (χ0) is 17.2. The van der Waals surface area contributed by atoms with Crippen LogP contribution in [-0.4, -0.2) is 19.6 Å². The lowest BCUT2D eigenvalue weighted by molar-refractivity contribution is 0.415. The largest absolute Gasteiger partial charge is 0.495 e. The summed E-state index contributed by atoms with van der Waals surface area (Å²) in [6, 6.07) is 11.9. The summed E-state index contributed by atoms with van der Waals surface area (Å²) in [6.07, 6.45) is 2.06. The van der Waals surface area contributed by atoms with Gasteiger partial charge in [0.25, 0.3) is 0 Å². The Bertz CT molecular complexity index is 763. The first-order chi connectivity index (χ1) is 11.5. The van der Waals surface area contributed by atoms with Crippen molar-refractivity contribution in [3.05, 3.63) is 58.9 Å². The van der Waals surface area contributed by atoms with Crippen molar-refractivity contribution < 1.29 is 9.13 Å². The van der Waals surface area contributed by atoms with E-state index in [4.69, 9.17) is 22.1 Å². The second-order valence-corrected chi connectivity index (χ2v) is 6.37. The second-order valence-electron chi connectivity index (χ2n) is 5.96. The van der Waals surface area contributed by atoms with E-state index in [-0.39, 0.29) is 35.2 Å². The van der Waals surface area contributed by atoms with Crippen molar-refractivity contribution in [1.29, 1.82) is 0 Å². The minimum atomic E-state index is -0.226. The fourth-order valence-electron chi connectivity index (χ4n) is 2.66. The Morgan fingerprint density at radius 2 is 1.96 bits per heavy atom. The Kier molecular flexibility index (Phi) is 6.51. The first-order valence-electron chi connectivity index (χ1n) is 7.69. The van der Waals surface area contributed by atoms with Crippen LogP contribution >= 0.6 is 35.6 Å². The molecule has 0 atom stereocenters. The number of halogens is 3. The third kappa shape index (κ3) is 4.76. The Hall–Kier alpha value is -1.54. The number of methoxy groups -OCH3 is 1. The number of guanidine groups is 1. The van der Waals surface area contributed by atoms with Gasteiger partial charge >= 0.3 is 0 Å². The van der Waals surface area contributed by atoms with Crippen LogP contribution in [0.25, 0.3) is 0 Å². The third-order valence-corrected chi connectivity index (χ3v) is 4.58. The molecule has 134 valence electrons.